The number of carbonyl (C=O) groups is 3. The van der Waals surface area contributed by atoms with Crippen molar-refractivity contribution in [2.45, 2.75) is 25.2 Å². The summed E-state index contributed by atoms with van der Waals surface area (Å²) in [4.78, 5) is 37.2. The van der Waals surface area contributed by atoms with E-state index in [0.717, 1.165) is 12.8 Å². The van der Waals surface area contributed by atoms with Crippen molar-refractivity contribution in [1.82, 2.24) is 10.2 Å². The minimum Gasteiger partial charge on any atom is -0.481 e. The van der Waals surface area contributed by atoms with Crippen molar-refractivity contribution in [3.8, 4) is 11.1 Å². The monoisotopic (exact) mass is 482 g/mol. The van der Waals surface area contributed by atoms with Crippen molar-refractivity contribution < 1.29 is 24.2 Å². The maximum absolute atomic E-state index is 12.5. The number of alkyl carbamates (subject to hydrolysis) is 1. The number of fused-ring (bicyclic) bond motifs is 3. The maximum atomic E-state index is 12.5. The molecule has 1 fully saturated rings. The second kappa shape index (κ2) is 11.4. The Hall–Kier alpha value is -3.00. The number of hydrogen-bond donors (Lipinski definition) is 2. The van der Waals surface area contributed by atoms with Crippen LogP contribution in [0.3, 0.4) is 0 Å². The molecule has 8 heteroatoms. The van der Waals surface area contributed by atoms with Crippen molar-refractivity contribution in [3.63, 3.8) is 0 Å². The van der Waals surface area contributed by atoms with Crippen LogP contribution < -0.4 is 5.32 Å². The van der Waals surface area contributed by atoms with Crippen LogP contribution in [0.25, 0.3) is 11.1 Å². The second-order valence-electron chi connectivity index (χ2n) is 8.73. The van der Waals surface area contributed by atoms with E-state index in [4.69, 9.17) is 9.84 Å². The van der Waals surface area contributed by atoms with Gasteiger partial charge in [-0.25, -0.2) is 4.79 Å². The predicted molar refractivity (Wildman–Crippen MR) is 132 cm³/mol. The highest BCUT2D eigenvalue weighted by Crippen LogP contribution is 2.44. The largest absolute Gasteiger partial charge is 0.481 e. The summed E-state index contributed by atoms with van der Waals surface area (Å²) in [5, 5.41) is 11.7. The molecular formula is C26H30N2O5S. The molecule has 4 rings (SSSR count). The number of rotatable bonds is 12. The summed E-state index contributed by atoms with van der Waals surface area (Å²) in [6, 6.07) is 16.4. The summed E-state index contributed by atoms with van der Waals surface area (Å²) in [5.41, 5.74) is 4.72. The first-order chi connectivity index (χ1) is 16.5. The lowest BCUT2D eigenvalue weighted by Gasteiger charge is -2.21. The zero-order valence-corrected chi connectivity index (χ0v) is 19.9. The molecule has 2 amide bonds. The molecule has 180 valence electrons. The lowest BCUT2D eigenvalue weighted by molar-refractivity contribution is -0.138. The zero-order valence-electron chi connectivity index (χ0n) is 19.1. The summed E-state index contributed by atoms with van der Waals surface area (Å²) >= 11 is 1.43. The van der Waals surface area contributed by atoms with Gasteiger partial charge in [-0.15, -0.1) is 0 Å². The molecular weight excluding hydrogens is 452 g/mol. The van der Waals surface area contributed by atoms with Gasteiger partial charge in [0.15, 0.2) is 0 Å². The third kappa shape index (κ3) is 6.32. The molecule has 0 atom stereocenters. The third-order valence-electron chi connectivity index (χ3n) is 6.21. The Balaban J connectivity index is 1.17. The SMILES string of the molecule is O=C(O)CCN(CC1CC1)C(=O)CSCCNC(=O)OCC1c2ccccc2-c2ccccc21. The number of carbonyl (C=O) groups excluding carboxylic acids is 2. The van der Waals surface area contributed by atoms with Crippen LogP contribution in [0.15, 0.2) is 48.5 Å². The van der Waals surface area contributed by atoms with E-state index < -0.39 is 12.1 Å². The van der Waals surface area contributed by atoms with Crippen LogP contribution in [0.2, 0.25) is 0 Å². The minimum absolute atomic E-state index is 0.0217. The van der Waals surface area contributed by atoms with Crippen molar-refractivity contribution in [1.29, 1.82) is 0 Å². The van der Waals surface area contributed by atoms with E-state index in [-0.39, 0.29) is 37.2 Å². The highest BCUT2D eigenvalue weighted by Gasteiger charge is 2.29. The molecule has 0 heterocycles. The number of benzene rings is 2. The number of carboxylic acid groups (broad SMARTS) is 1. The van der Waals surface area contributed by atoms with Gasteiger partial charge in [-0.1, -0.05) is 48.5 Å². The Bertz CT molecular complexity index is 994. The van der Waals surface area contributed by atoms with Gasteiger partial charge < -0.3 is 20.1 Å². The normalized spacial score (nSPS) is 14.2. The van der Waals surface area contributed by atoms with Gasteiger partial charge in [-0.2, -0.15) is 11.8 Å². The van der Waals surface area contributed by atoms with E-state index in [2.05, 4.69) is 29.6 Å². The third-order valence-corrected chi connectivity index (χ3v) is 7.15. The average molecular weight is 483 g/mol. The molecule has 2 N–H and O–H groups in total. The predicted octanol–water partition coefficient (Wildman–Crippen LogP) is 3.97. The number of hydrogen-bond acceptors (Lipinski definition) is 5. The molecule has 0 aromatic heterocycles. The van der Waals surface area contributed by atoms with Crippen LogP contribution in [0.1, 0.15) is 36.3 Å². The first-order valence-electron chi connectivity index (χ1n) is 11.7. The molecule has 0 saturated heterocycles. The van der Waals surface area contributed by atoms with Gasteiger partial charge in [0.05, 0.1) is 12.2 Å². The van der Waals surface area contributed by atoms with Gasteiger partial charge in [0.1, 0.15) is 6.61 Å². The summed E-state index contributed by atoms with van der Waals surface area (Å²) in [6.07, 6.45) is 1.71. The fourth-order valence-electron chi connectivity index (χ4n) is 4.29. The number of ether oxygens (including phenoxy) is 1. The van der Waals surface area contributed by atoms with E-state index >= 15 is 0 Å². The second-order valence-corrected chi connectivity index (χ2v) is 9.84. The molecule has 1 saturated carbocycles. The number of aliphatic carboxylic acids is 1. The number of nitrogens with one attached hydrogen (secondary N) is 1. The van der Waals surface area contributed by atoms with Gasteiger partial charge in [0.25, 0.3) is 0 Å². The molecule has 0 unspecified atom stereocenters. The van der Waals surface area contributed by atoms with E-state index in [0.29, 0.717) is 24.8 Å². The van der Waals surface area contributed by atoms with E-state index in [1.807, 2.05) is 24.3 Å². The number of thioether (sulfide) groups is 1. The molecule has 2 aliphatic rings. The van der Waals surface area contributed by atoms with Crippen molar-refractivity contribution in [2.75, 3.05) is 37.7 Å². The molecule has 7 nitrogen and oxygen atoms in total. The summed E-state index contributed by atoms with van der Waals surface area (Å²) in [5.74, 6) is 0.449. The maximum Gasteiger partial charge on any atom is 0.407 e. The highest BCUT2D eigenvalue weighted by molar-refractivity contribution is 7.99. The van der Waals surface area contributed by atoms with Gasteiger partial charge >= 0.3 is 12.1 Å². The van der Waals surface area contributed by atoms with E-state index in [1.54, 1.807) is 4.90 Å². The van der Waals surface area contributed by atoms with Gasteiger partial charge in [-0.05, 0) is 41.0 Å². The topological polar surface area (TPSA) is 95.9 Å². The van der Waals surface area contributed by atoms with Crippen LogP contribution in [0, 0.1) is 5.92 Å². The molecule has 2 aliphatic carbocycles. The number of carboxylic acids is 1. The molecule has 2 aromatic rings. The smallest absolute Gasteiger partial charge is 0.407 e. The summed E-state index contributed by atoms with van der Waals surface area (Å²) in [6.45, 7) is 1.56. The Morgan fingerprint density at radius 1 is 1.03 bits per heavy atom. The number of nitrogens with zero attached hydrogens (tertiary/aromatic N) is 1. The van der Waals surface area contributed by atoms with E-state index in [9.17, 15) is 14.4 Å². The van der Waals surface area contributed by atoms with Crippen LogP contribution in [-0.2, 0) is 14.3 Å². The standard InChI is InChI=1S/C26H30N2O5S/c29-24(28(13-11-25(30)31)15-18-9-10-18)17-34-14-12-27-26(32)33-16-23-21-7-3-1-5-19(21)20-6-2-4-8-22(20)23/h1-8,18,23H,9-17H2,(H,27,32)(H,30,31). The first kappa shape index (κ1) is 24.1. The molecule has 0 spiro atoms. The van der Waals surface area contributed by atoms with Crippen LogP contribution >= 0.6 is 11.8 Å². The Morgan fingerprint density at radius 3 is 2.29 bits per heavy atom. The minimum atomic E-state index is -0.895. The molecule has 0 bridgehead atoms. The molecule has 34 heavy (non-hydrogen) atoms. The Labute approximate surface area is 203 Å². The molecule has 2 aromatic carbocycles. The fourth-order valence-corrected chi connectivity index (χ4v) is 5.03. The van der Waals surface area contributed by atoms with Gasteiger partial charge in [-0.3, -0.25) is 9.59 Å². The molecule has 0 aliphatic heterocycles. The quantitative estimate of drug-likeness (QED) is 0.445. The zero-order chi connectivity index (χ0) is 23.9. The summed E-state index contributed by atoms with van der Waals surface area (Å²) < 4.78 is 5.52. The Kier molecular flexibility index (Phi) is 8.11. The lowest BCUT2D eigenvalue weighted by atomic mass is 9.98. The van der Waals surface area contributed by atoms with Crippen molar-refractivity contribution >= 4 is 29.7 Å². The number of amides is 2. The van der Waals surface area contributed by atoms with Gasteiger partial charge in [0.2, 0.25) is 5.91 Å². The average Bonchev–Trinajstić information content (AvgIpc) is 3.60. The first-order valence-corrected chi connectivity index (χ1v) is 12.8. The van der Waals surface area contributed by atoms with Crippen LogP contribution in [0.5, 0.6) is 0 Å². The van der Waals surface area contributed by atoms with Crippen molar-refractivity contribution in [3.05, 3.63) is 59.7 Å². The lowest BCUT2D eigenvalue weighted by Crippen LogP contribution is -2.36. The Morgan fingerprint density at radius 2 is 1.68 bits per heavy atom. The molecule has 0 radical (unpaired) electrons. The highest BCUT2D eigenvalue weighted by atomic mass is 32.2. The van der Waals surface area contributed by atoms with Gasteiger partial charge in [0, 0.05) is 31.3 Å². The van der Waals surface area contributed by atoms with E-state index in [1.165, 1.54) is 34.0 Å². The van der Waals surface area contributed by atoms with Crippen molar-refractivity contribution in [2.24, 2.45) is 5.92 Å². The van der Waals surface area contributed by atoms with Crippen LogP contribution in [0.4, 0.5) is 4.79 Å². The van der Waals surface area contributed by atoms with Crippen LogP contribution in [-0.4, -0.2) is 65.7 Å². The fraction of sp³-hybridized carbons (Fsp3) is 0.423. The summed E-state index contributed by atoms with van der Waals surface area (Å²) in [7, 11) is 0.